The number of morpholine rings is 1. The maximum atomic E-state index is 12.7. The van der Waals surface area contributed by atoms with Crippen LogP contribution in [0.15, 0.2) is 18.7 Å². The summed E-state index contributed by atoms with van der Waals surface area (Å²) in [6, 6.07) is -0.279. The molecule has 0 unspecified atom stereocenters. The fraction of sp³-hybridized carbons (Fsp3) is 0.600. The third kappa shape index (κ3) is 3.42. The number of nitrogens with zero attached hydrogens (tertiary/aromatic N) is 5. The number of rotatable bonds is 5. The summed E-state index contributed by atoms with van der Waals surface area (Å²) in [4.78, 5) is 22.9. The number of imidazole rings is 1. The average Bonchev–Trinajstić information content (AvgIpc) is 3.26. The number of carbonyl (C=O) groups excluding carboxylic acids is 1. The van der Waals surface area contributed by atoms with Gasteiger partial charge in [-0.2, -0.15) is 5.10 Å². The molecule has 0 aliphatic carbocycles. The molecule has 3 heterocycles. The van der Waals surface area contributed by atoms with Gasteiger partial charge in [-0.3, -0.25) is 9.89 Å². The molecule has 2 atom stereocenters. The molecule has 0 spiro atoms. The van der Waals surface area contributed by atoms with Gasteiger partial charge in [0.1, 0.15) is 18.0 Å². The van der Waals surface area contributed by atoms with Gasteiger partial charge in [-0.05, 0) is 13.3 Å². The maximum Gasteiger partial charge on any atom is 0.245 e. The average molecular weight is 318 g/mol. The van der Waals surface area contributed by atoms with Crippen molar-refractivity contribution in [2.24, 2.45) is 0 Å². The summed E-state index contributed by atoms with van der Waals surface area (Å²) in [7, 11) is 0. The van der Waals surface area contributed by atoms with Gasteiger partial charge in [-0.25, -0.2) is 9.97 Å². The monoisotopic (exact) mass is 318 g/mol. The van der Waals surface area contributed by atoms with Crippen LogP contribution in [0.1, 0.15) is 44.1 Å². The lowest BCUT2D eigenvalue weighted by atomic mass is 10.2. The van der Waals surface area contributed by atoms with E-state index >= 15 is 0 Å². The Morgan fingerprint density at radius 2 is 2.43 bits per heavy atom. The van der Waals surface area contributed by atoms with E-state index in [0.717, 1.165) is 18.7 Å². The van der Waals surface area contributed by atoms with Gasteiger partial charge in [0.2, 0.25) is 5.91 Å². The first-order valence-electron chi connectivity index (χ1n) is 7.98. The second-order valence-electron chi connectivity index (χ2n) is 5.72. The summed E-state index contributed by atoms with van der Waals surface area (Å²) in [5.74, 6) is 1.54. The molecule has 2 aromatic heterocycles. The zero-order valence-electron chi connectivity index (χ0n) is 13.5. The number of aryl methyl sites for hydroxylation is 1. The summed E-state index contributed by atoms with van der Waals surface area (Å²) in [5.41, 5.74) is 0. The Hall–Kier alpha value is -2.22. The van der Waals surface area contributed by atoms with Crippen molar-refractivity contribution in [1.82, 2.24) is 29.6 Å². The Balaban J connectivity index is 1.66. The van der Waals surface area contributed by atoms with Crippen molar-refractivity contribution in [1.29, 1.82) is 0 Å². The van der Waals surface area contributed by atoms with Gasteiger partial charge in [-0.1, -0.05) is 6.92 Å². The fourth-order valence-corrected chi connectivity index (χ4v) is 2.70. The molecule has 23 heavy (non-hydrogen) atoms. The first-order valence-corrected chi connectivity index (χ1v) is 7.98. The number of aromatic amines is 1. The molecule has 0 bridgehead atoms. The van der Waals surface area contributed by atoms with E-state index < -0.39 is 0 Å². The van der Waals surface area contributed by atoms with Gasteiger partial charge in [0, 0.05) is 25.4 Å². The molecule has 1 aliphatic heterocycles. The molecule has 124 valence electrons. The normalized spacial score (nSPS) is 19.7. The molecule has 3 rings (SSSR count). The van der Waals surface area contributed by atoms with Crippen LogP contribution in [0.3, 0.4) is 0 Å². The van der Waals surface area contributed by atoms with Crippen LogP contribution in [-0.2, 0) is 16.0 Å². The number of nitrogens with one attached hydrogen (secondary N) is 1. The fourth-order valence-electron chi connectivity index (χ4n) is 2.70. The lowest BCUT2D eigenvalue weighted by Crippen LogP contribution is -2.45. The van der Waals surface area contributed by atoms with Gasteiger partial charge in [0.05, 0.1) is 19.5 Å². The second-order valence-corrected chi connectivity index (χ2v) is 5.72. The number of carbonyl (C=O) groups is 1. The minimum Gasteiger partial charge on any atom is -0.366 e. The lowest BCUT2D eigenvalue weighted by Gasteiger charge is -2.33. The predicted molar refractivity (Wildman–Crippen MR) is 82.6 cm³/mol. The predicted octanol–water partition coefficient (Wildman–Crippen LogP) is 1.11. The first kappa shape index (κ1) is 15.7. The van der Waals surface area contributed by atoms with Gasteiger partial charge in [-0.15, -0.1) is 0 Å². The van der Waals surface area contributed by atoms with Crippen molar-refractivity contribution >= 4 is 5.91 Å². The van der Waals surface area contributed by atoms with Crippen LogP contribution in [0.2, 0.25) is 0 Å². The Morgan fingerprint density at radius 1 is 1.57 bits per heavy atom. The third-order valence-electron chi connectivity index (χ3n) is 4.03. The van der Waals surface area contributed by atoms with E-state index in [4.69, 9.17) is 4.74 Å². The highest BCUT2D eigenvalue weighted by atomic mass is 16.5. The molecule has 0 saturated carbocycles. The number of hydrogen-bond donors (Lipinski definition) is 1. The zero-order valence-corrected chi connectivity index (χ0v) is 13.5. The highest BCUT2D eigenvalue weighted by Crippen LogP contribution is 2.21. The SMILES string of the molecule is CCCc1nc([C@@H]2CN(C(=O)[C@H](C)n3ccnc3)CCO2)n[nH]1. The third-order valence-corrected chi connectivity index (χ3v) is 4.03. The van der Waals surface area contributed by atoms with Crippen molar-refractivity contribution in [2.45, 2.75) is 38.8 Å². The molecule has 1 amide bonds. The first-order chi connectivity index (χ1) is 11.2. The molecular formula is C15H22N6O2. The maximum absolute atomic E-state index is 12.7. The van der Waals surface area contributed by atoms with Crippen LogP contribution >= 0.6 is 0 Å². The van der Waals surface area contributed by atoms with Crippen molar-refractivity contribution in [3.05, 3.63) is 30.4 Å². The van der Waals surface area contributed by atoms with Gasteiger partial charge >= 0.3 is 0 Å². The highest BCUT2D eigenvalue weighted by Gasteiger charge is 2.30. The summed E-state index contributed by atoms with van der Waals surface area (Å²) in [6.07, 6.45) is 6.73. The molecule has 1 fully saturated rings. The van der Waals surface area contributed by atoms with E-state index in [2.05, 4.69) is 27.1 Å². The summed E-state index contributed by atoms with van der Waals surface area (Å²) < 4.78 is 7.55. The lowest BCUT2D eigenvalue weighted by molar-refractivity contribution is -0.142. The molecule has 8 heteroatoms. The topological polar surface area (TPSA) is 88.9 Å². The van der Waals surface area contributed by atoms with Gasteiger partial charge in [0.15, 0.2) is 5.82 Å². The Morgan fingerprint density at radius 3 is 3.17 bits per heavy atom. The summed E-state index contributed by atoms with van der Waals surface area (Å²) in [5, 5.41) is 7.17. The van der Waals surface area contributed by atoms with Crippen molar-refractivity contribution < 1.29 is 9.53 Å². The smallest absolute Gasteiger partial charge is 0.245 e. The molecule has 2 aromatic rings. The quantitative estimate of drug-likeness (QED) is 0.892. The molecular weight excluding hydrogens is 296 g/mol. The van der Waals surface area contributed by atoms with E-state index in [1.165, 1.54) is 0 Å². The summed E-state index contributed by atoms with van der Waals surface area (Å²) in [6.45, 7) is 5.52. The van der Waals surface area contributed by atoms with E-state index in [-0.39, 0.29) is 18.1 Å². The Kier molecular flexibility index (Phi) is 4.71. The molecule has 1 aliphatic rings. The van der Waals surface area contributed by atoms with Crippen molar-refractivity contribution in [2.75, 3.05) is 19.7 Å². The van der Waals surface area contributed by atoms with Gasteiger partial charge < -0.3 is 14.2 Å². The van der Waals surface area contributed by atoms with E-state index in [9.17, 15) is 4.79 Å². The number of hydrogen-bond acceptors (Lipinski definition) is 5. The van der Waals surface area contributed by atoms with Crippen LogP contribution < -0.4 is 0 Å². The van der Waals surface area contributed by atoms with Crippen LogP contribution in [0, 0.1) is 0 Å². The Bertz CT molecular complexity index is 638. The number of ether oxygens (including phenoxy) is 1. The molecule has 8 nitrogen and oxygen atoms in total. The Labute approximate surface area is 134 Å². The van der Waals surface area contributed by atoms with Crippen LogP contribution in [0.5, 0.6) is 0 Å². The van der Waals surface area contributed by atoms with Gasteiger partial charge in [0.25, 0.3) is 0 Å². The number of amides is 1. The minimum absolute atomic E-state index is 0.0561. The number of aromatic nitrogens is 5. The largest absolute Gasteiger partial charge is 0.366 e. The van der Waals surface area contributed by atoms with Crippen LogP contribution in [0.4, 0.5) is 0 Å². The standard InChI is InChI=1S/C15H22N6O2/c1-3-4-13-17-14(19-18-13)12-9-20(7-8-23-12)15(22)11(2)21-6-5-16-10-21/h5-6,10-12H,3-4,7-9H2,1-2H3,(H,17,18,19)/t11-,12-/m0/s1. The van der Waals surface area contributed by atoms with Crippen LogP contribution in [0.25, 0.3) is 0 Å². The number of H-pyrrole nitrogens is 1. The van der Waals surface area contributed by atoms with Crippen molar-refractivity contribution in [3.8, 4) is 0 Å². The molecule has 1 N–H and O–H groups in total. The van der Waals surface area contributed by atoms with Crippen LogP contribution in [-0.4, -0.2) is 55.2 Å². The van der Waals surface area contributed by atoms with E-state index in [1.807, 2.05) is 11.8 Å². The molecule has 0 aromatic carbocycles. The highest BCUT2D eigenvalue weighted by molar-refractivity contribution is 5.80. The van der Waals surface area contributed by atoms with Crippen molar-refractivity contribution in [3.63, 3.8) is 0 Å². The second kappa shape index (κ2) is 6.91. The van der Waals surface area contributed by atoms with E-state index in [1.54, 1.807) is 23.3 Å². The van der Waals surface area contributed by atoms with E-state index in [0.29, 0.717) is 25.5 Å². The molecule has 0 radical (unpaired) electrons. The summed E-state index contributed by atoms with van der Waals surface area (Å²) >= 11 is 0. The zero-order chi connectivity index (χ0) is 16.2. The minimum atomic E-state index is -0.279. The molecule has 1 saturated heterocycles.